The van der Waals surface area contributed by atoms with Crippen molar-refractivity contribution in [2.45, 2.75) is 6.61 Å². The van der Waals surface area contributed by atoms with Crippen LogP contribution in [0.5, 0.6) is 5.75 Å². The molecule has 2 rings (SSSR count). The van der Waals surface area contributed by atoms with Crippen LogP contribution in [0.1, 0.15) is 5.56 Å². The third kappa shape index (κ3) is 4.20. The Morgan fingerprint density at radius 2 is 1.80 bits per heavy atom. The summed E-state index contributed by atoms with van der Waals surface area (Å²) < 4.78 is 28.2. The number of benzene rings is 2. The van der Waals surface area contributed by atoms with Crippen LogP contribution in [0, 0.1) is 0 Å². The number of halogens is 3. The van der Waals surface area contributed by atoms with E-state index in [1.165, 1.54) is 12.1 Å². The van der Waals surface area contributed by atoms with E-state index in [1.807, 2.05) is 12.1 Å². The van der Waals surface area contributed by atoms with E-state index in [9.17, 15) is 8.78 Å². The van der Waals surface area contributed by atoms with Gasteiger partial charge in [0.05, 0.1) is 16.9 Å². The standard InChI is InChI=1S/C14H11ClF2N2O/c15-12-3-1-2-4-13(12)19-18-9-10-5-7-11(8-6-10)20-14(16)17/h1-9,14,19H/b18-9-. The molecule has 0 saturated carbocycles. The summed E-state index contributed by atoms with van der Waals surface area (Å²) in [5.74, 6) is 0.108. The molecule has 6 heteroatoms. The summed E-state index contributed by atoms with van der Waals surface area (Å²) in [4.78, 5) is 0. The summed E-state index contributed by atoms with van der Waals surface area (Å²) in [5, 5.41) is 4.58. The second kappa shape index (κ2) is 6.86. The fourth-order valence-electron chi connectivity index (χ4n) is 1.46. The lowest BCUT2D eigenvalue weighted by molar-refractivity contribution is -0.0498. The molecular formula is C14H11ClF2N2O. The van der Waals surface area contributed by atoms with Crippen LogP contribution in [0.4, 0.5) is 14.5 Å². The Labute approximate surface area is 119 Å². The van der Waals surface area contributed by atoms with Crippen molar-refractivity contribution in [3.63, 3.8) is 0 Å². The van der Waals surface area contributed by atoms with Gasteiger partial charge in [0.15, 0.2) is 0 Å². The molecule has 104 valence electrons. The molecule has 0 bridgehead atoms. The molecular weight excluding hydrogens is 286 g/mol. The summed E-state index contributed by atoms with van der Waals surface area (Å²) in [6, 6.07) is 13.3. The molecule has 20 heavy (non-hydrogen) atoms. The van der Waals surface area contributed by atoms with Crippen LogP contribution >= 0.6 is 11.6 Å². The Morgan fingerprint density at radius 3 is 2.45 bits per heavy atom. The maximum atomic E-state index is 12.0. The number of anilines is 1. The van der Waals surface area contributed by atoms with Crippen molar-refractivity contribution in [3.8, 4) is 5.75 Å². The average molecular weight is 297 g/mol. The molecule has 0 heterocycles. The van der Waals surface area contributed by atoms with E-state index >= 15 is 0 Å². The Hall–Kier alpha value is -2.14. The van der Waals surface area contributed by atoms with Gasteiger partial charge in [-0.1, -0.05) is 23.7 Å². The van der Waals surface area contributed by atoms with E-state index in [0.29, 0.717) is 10.7 Å². The lowest BCUT2D eigenvalue weighted by atomic mass is 10.2. The number of hydrazone groups is 1. The van der Waals surface area contributed by atoms with Crippen molar-refractivity contribution < 1.29 is 13.5 Å². The first-order chi connectivity index (χ1) is 9.65. The fourth-order valence-corrected chi connectivity index (χ4v) is 1.64. The van der Waals surface area contributed by atoms with Gasteiger partial charge in [-0.2, -0.15) is 13.9 Å². The van der Waals surface area contributed by atoms with E-state index < -0.39 is 6.61 Å². The van der Waals surface area contributed by atoms with Crippen molar-refractivity contribution in [1.82, 2.24) is 0 Å². The Kier molecular flexibility index (Phi) is 4.90. The van der Waals surface area contributed by atoms with E-state index in [4.69, 9.17) is 11.6 Å². The second-order valence-corrected chi connectivity index (χ2v) is 4.20. The molecule has 3 nitrogen and oxygen atoms in total. The molecule has 0 aliphatic rings. The Balaban J connectivity index is 1.96. The zero-order chi connectivity index (χ0) is 14.4. The average Bonchev–Trinajstić information content (AvgIpc) is 2.42. The summed E-state index contributed by atoms with van der Waals surface area (Å²) in [6.45, 7) is -2.82. The van der Waals surface area contributed by atoms with Crippen molar-refractivity contribution in [3.05, 3.63) is 59.1 Å². The molecule has 0 aliphatic heterocycles. The van der Waals surface area contributed by atoms with Gasteiger partial charge in [0.25, 0.3) is 0 Å². The van der Waals surface area contributed by atoms with Gasteiger partial charge in [0.2, 0.25) is 0 Å². The molecule has 0 aliphatic carbocycles. The number of hydrogen-bond donors (Lipinski definition) is 1. The number of alkyl halides is 2. The molecule has 0 atom stereocenters. The Bertz CT molecular complexity index is 588. The lowest BCUT2D eigenvalue weighted by Gasteiger charge is -2.04. The van der Waals surface area contributed by atoms with Gasteiger partial charge in [-0.25, -0.2) is 0 Å². The quantitative estimate of drug-likeness (QED) is 0.656. The van der Waals surface area contributed by atoms with Crippen LogP contribution in [-0.4, -0.2) is 12.8 Å². The topological polar surface area (TPSA) is 33.6 Å². The third-order valence-corrected chi connectivity index (χ3v) is 2.71. The number of ether oxygens (including phenoxy) is 1. The minimum Gasteiger partial charge on any atom is -0.435 e. The molecule has 0 amide bonds. The molecule has 0 fully saturated rings. The Morgan fingerprint density at radius 1 is 1.10 bits per heavy atom. The normalized spacial score (nSPS) is 11.0. The first kappa shape index (κ1) is 14.3. The molecule has 0 spiro atoms. The number of nitrogens with one attached hydrogen (secondary N) is 1. The van der Waals surface area contributed by atoms with Crippen molar-refractivity contribution in [1.29, 1.82) is 0 Å². The summed E-state index contributed by atoms with van der Waals surface area (Å²) in [6.07, 6.45) is 1.55. The van der Waals surface area contributed by atoms with Gasteiger partial charge in [-0.3, -0.25) is 5.43 Å². The highest BCUT2D eigenvalue weighted by Crippen LogP contribution is 2.20. The van der Waals surface area contributed by atoms with E-state index in [2.05, 4.69) is 15.3 Å². The predicted octanol–water partition coefficient (Wildman–Crippen LogP) is 4.39. The monoisotopic (exact) mass is 296 g/mol. The van der Waals surface area contributed by atoms with Crippen LogP contribution < -0.4 is 10.2 Å². The number of para-hydroxylation sites is 1. The zero-order valence-corrected chi connectivity index (χ0v) is 11.0. The van der Waals surface area contributed by atoms with Crippen LogP contribution in [0.2, 0.25) is 5.02 Å². The highest BCUT2D eigenvalue weighted by atomic mass is 35.5. The van der Waals surface area contributed by atoms with Gasteiger partial charge in [0, 0.05) is 0 Å². The SMILES string of the molecule is FC(F)Oc1ccc(/C=N\Nc2ccccc2Cl)cc1. The molecule has 0 aromatic heterocycles. The number of rotatable bonds is 5. The van der Waals surface area contributed by atoms with Gasteiger partial charge in [0.1, 0.15) is 5.75 Å². The summed E-state index contributed by atoms with van der Waals surface area (Å²) >= 11 is 5.95. The molecule has 0 unspecified atom stereocenters. The van der Waals surface area contributed by atoms with Gasteiger partial charge >= 0.3 is 6.61 Å². The van der Waals surface area contributed by atoms with Gasteiger partial charge in [-0.05, 0) is 42.0 Å². The molecule has 2 aromatic carbocycles. The number of hydrogen-bond acceptors (Lipinski definition) is 3. The molecule has 0 radical (unpaired) electrons. The van der Waals surface area contributed by atoms with Crippen molar-refractivity contribution >= 4 is 23.5 Å². The van der Waals surface area contributed by atoms with E-state index in [-0.39, 0.29) is 5.75 Å². The predicted molar refractivity (Wildman–Crippen MR) is 75.7 cm³/mol. The largest absolute Gasteiger partial charge is 0.435 e. The van der Waals surface area contributed by atoms with Crippen LogP contribution in [0.25, 0.3) is 0 Å². The highest BCUT2D eigenvalue weighted by molar-refractivity contribution is 6.33. The second-order valence-electron chi connectivity index (χ2n) is 3.80. The first-order valence-corrected chi connectivity index (χ1v) is 6.11. The fraction of sp³-hybridized carbons (Fsp3) is 0.0714. The van der Waals surface area contributed by atoms with Crippen LogP contribution in [0.15, 0.2) is 53.6 Å². The van der Waals surface area contributed by atoms with E-state index in [1.54, 1.807) is 30.5 Å². The first-order valence-electron chi connectivity index (χ1n) is 5.73. The summed E-state index contributed by atoms with van der Waals surface area (Å²) in [7, 11) is 0. The third-order valence-electron chi connectivity index (χ3n) is 2.38. The summed E-state index contributed by atoms with van der Waals surface area (Å²) in [5.41, 5.74) is 4.22. The molecule has 1 N–H and O–H groups in total. The highest BCUT2D eigenvalue weighted by Gasteiger charge is 2.02. The van der Waals surface area contributed by atoms with Gasteiger partial charge < -0.3 is 4.74 Å². The van der Waals surface area contributed by atoms with E-state index in [0.717, 1.165) is 5.56 Å². The minimum atomic E-state index is -2.82. The maximum absolute atomic E-state index is 12.0. The van der Waals surface area contributed by atoms with Crippen LogP contribution in [-0.2, 0) is 0 Å². The lowest BCUT2D eigenvalue weighted by Crippen LogP contribution is -2.01. The zero-order valence-electron chi connectivity index (χ0n) is 10.3. The smallest absolute Gasteiger partial charge is 0.387 e. The maximum Gasteiger partial charge on any atom is 0.387 e. The van der Waals surface area contributed by atoms with Crippen molar-refractivity contribution in [2.24, 2.45) is 5.10 Å². The van der Waals surface area contributed by atoms with Crippen LogP contribution in [0.3, 0.4) is 0 Å². The molecule has 2 aromatic rings. The minimum absolute atomic E-state index is 0.108. The number of nitrogens with zero attached hydrogens (tertiary/aromatic N) is 1. The van der Waals surface area contributed by atoms with Crippen molar-refractivity contribution in [2.75, 3.05) is 5.43 Å². The molecule has 0 saturated heterocycles. The van der Waals surface area contributed by atoms with Gasteiger partial charge in [-0.15, -0.1) is 0 Å².